The van der Waals surface area contributed by atoms with E-state index in [-0.39, 0.29) is 5.91 Å². The van der Waals surface area contributed by atoms with Crippen molar-refractivity contribution < 1.29 is 4.79 Å². The van der Waals surface area contributed by atoms with Crippen LogP contribution in [-0.2, 0) is 4.79 Å². The van der Waals surface area contributed by atoms with Gasteiger partial charge in [0.2, 0.25) is 0 Å². The molecule has 0 aliphatic heterocycles. The van der Waals surface area contributed by atoms with Crippen LogP contribution in [0.15, 0.2) is 24.3 Å². The molecule has 106 valence electrons. The summed E-state index contributed by atoms with van der Waals surface area (Å²) in [5.74, 6) is -0.221. The van der Waals surface area contributed by atoms with Gasteiger partial charge in [-0.2, -0.15) is 0 Å². The maximum Gasteiger partial charge on any atom is 0.260 e. The van der Waals surface area contributed by atoms with E-state index < -0.39 is 6.04 Å². The SMILES string of the molecule is CNC(=S)NNC(=O)[C@H](C)Nc1nc2ccccc2s1. The van der Waals surface area contributed by atoms with Crippen molar-refractivity contribution in [2.24, 2.45) is 0 Å². The Hall–Kier alpha value is -1.93. The number of fused-ring (bicyclic) bond motifs is 1. The fourth-order valence-corrected chi connectivity index (χ4v) is 2.48. The number of rotatable bonds is 3. The van der Waals surface area contributed by atoms with E-state index in [0.717, 1.165) is 10.2 Å². The van der Waals surface area contributed by atoms with Crippen LogP contribution in [0, 0.1) is 0 Å². The van der Waals surface area contributed by atoms with Gasteiger partial charge in [-0.25, -0.2) is 4.98 Å². The van der Waals surface area contributed by atoms with Crippen molar-refractivity contribution in [1.82, 2.24) is 21.2 Å². The van der Waals surface area contributed by atoms with Crippen molar-refractivity contribution in [1.29, 1.82) is 0 Å². The normalized spacial score (nSPS) is 11.7. The number of nitrogens with zero attached hydrogens (tertiary/aromatic N) is 1. The minimum Gasteiger partial charge on any atom is -0.364 e. The summed E-state index contributed by atoms with van der Waals surface area (Å²) < 4.78 is 1.08. The van der Waals surface area contributed by atoms with E-state index in [2.05, 4.69) is 26.5 Å². The molecule has 0 bridgehead atoms. The lowest BCUT2D eigenvalue weighted by molar-refractivity contribution is -0.122. The van der Waals surface area contributed by atoms with Crippen LogP contribution in [-0.4, -0.2) is 29.1 Å². The molecule has 20 heavy (non-hydrogen) atoms. The van der Waals surface area contributed by atoms with Gasteiger partial charge >= 0.3 is 0 Å². The van der Waals surface area contributed by atoms with Crippen LogP contribution in [0.5, 0.6) is 0 Å². The lowest BCUT2D eigenvalue weighted by atomic mass is 10.3. The van der Waals surface area contributed by atoms with Crippen LogP contribution in [0.1, 0.15) is 6.92 Å². The van der Waals surface area contributed by atoms with Gasteiger partial charge in [0.05, 0.1) is 10.2 Å². The molecule has 0 saturated carbocycles. The number of benzene rings is 1. The summed E-state index contributed by atoms with van der Waals surface area (Å²) in [6.45, 7) is 1.76. The summed E-state index contributed by atoms with van der Waals surface area (Å²) in [5.41, 5.74) is 6.02. The zero-order valence-corrected chi connectivity index (χ0v) is 12.7. The Morgan fingerprint density at radius 2 is 2.10 bits per heavy atom. The van der Waals surface area contributed by atoms with Gasteiger partial charge in [-0.1, -0.05) is 23.5 Å². The quantitative estimate of drug-likeness (QED) is 0.504. The second-order valence-electron chi connectivity index (χ2n) is 4.05. The molecule has 1 atom stereocenters. The molecule has 2 rings (SSSR count). The third-order valence-corrected chi connectivity index (χ3v) is 3.83. The predicted octanol–water partition coefficient (Wildman–Crippen LogP) is 1.22. The highest BCUT2D eigenvalue weighted by Crippen LogP contribution is 2.25. The minimum atomic E-state index is -0.428. The van der Waals surface area contributed by atoms with Gasteiger partial charge < -0.3 is 10.6 Å². The number of nitrogens with one attached hydrogen (secondary N) is 4. The largest absolute Gasteiger partial charge is 0.364 e. The Morgan fingerprint density at radius 3 is 2.80 bits per heavy atom. The fraction of sp³-hybridized carbons (Fsp3) is 0.250. The molecule has 0 aliphatic carbocycles. The molecule has 8 heteroatoms. The second-order valence-corrected chi connectivity index (χ2v) is 5.49. The highest BCUT2D eigenvalue weighted by molar-refractivity contribution is 7.80. The van der Waals surface area contributed by atoms with Crippen LogP contribution in [0.25, 0.3) is 10.2 Å². The van der Waals surface area contributed by atoms with Crippen LogP contribution in [0.2, 0.25) is 0 Å². The summed E-state index contributed by atoms with van der Waals surface area (Å²) in [7, 11) is 1.67. The average Bonchev–Trinajstić information content (AvgIpc) is 2.86. The van der Waals surface area contributed by atoms with Crippen LogP contribution < -0.4 is 21.5 Å². The lowest BCUT2D eigenvalue weighted by Crippen LogP contribution is -2.50. The standard InChI is InChI=1S/C12H15N5OS2/c1-7(10(18)16-17-11(19)13-2)14-12-15-8-5-3-4-6-9(8)20-12/h3-7H,1-2H3,(H,14,15)(H,16,18)(H2,13,17,19)/t7-/m0/s1. The maximum atomic E-state index is 11.8. The van der Waals surface area contributed by atoms with Crippen molar-refractivity contribution in [3.05, 3.63) is 24.3 Å². The Morgan fingerprint density at radius 1 is 1.35 bits per heavy atom. The Balaban J connectivity index is 1.94. The lowest BCUT2D eigenvalue weighted by Gasteiger charge is -2.14. The van der Waals surface area contributed by atoms with E-state index in [9.17, 15) is 4.79 Å². The van der Waals surface area contributed by atoms with E-state index in [4.69, 9.17) is 12.2 Å². The second kappa shape index (κ2) is 6.49. The van der Waals surface area contributed by atoms with Gasteiger partial charge in [0.15, 0.2) is 10.2 Å². The van der Waals surface area contributed by atoms with Gasteiger partial charge in [-0.3, -0.25) is 15.6 Å². The number of hydrogen-bond donors (Lipinski definition) is 4. The van der Waals surface area contributed by atoms with E-state index in [1.54, 1.807) is 14.0 Å². The van der Waals surface area contributed by atoms with E-state index in [0.29, 0.717) is 10.2 Å². The number of hydrogen-bond acceptors (Lipinski definition) is 5. The molecule has 0 aliphatic rings. The van der Waals surface area contributed by atoms with Crippen molar-refractivity contribution >= 4 is 49.9 Å². The van der Waals surface area contributed by atoms with Crippen LogP contribution >= 0.6 is 23.6 Å². The number of carbonyl (C=O) groups is 1. The van der Waals surface area contributed by atoms with Gasteiger partial charge in [-0.15, -0.1) is 0 Å². The van der Waals surface area contributed by atoms with E-state index in [1.807, 2.05) is 24.3 Å². The first kappa shape index (κ1) is 14.5. The highest BCUT2D eigenvalue weighted by atomic mass is 32.1. The molecule has 1 aromatic heterocycles. The number of thiocarbonyl (C=S) groups is 1. The molecule has 0 spiro atoms. The molecule has 4 N–H and O–H groups in total. The fourth-order valence-electron chi connectivity index (χ4n) is 1.47. The molecule has 0 unspecified atom stereocenters. The molecule has 1 heterocycles. The molecule has 2 aromatic rings. The topological polar surface area (TPSA) is 78.1 Å². The predicted molar refractivity (Wildman–Crippen MR) is 85.6 cm³/mol. The van der Waals surface area contributed by atoms with Crippen molar-refractivity contribution in [2.75, 3.05) is 12.4 Å². The maximum absolute atomic E-state index is 11.8. The zero-order chi connectivity index (χ0) is 14.5. The van der Waals surface area contributed by atoms with E-state index in [1.165, 1.54) is 11.3 Å². The summed E-state index contributed by atoms with van der Waals surface area (Å²) in [6.07, 6.45) is 0. The number of carbonyl (C=O) groups excluding carboxylic acids is 1. The monoisotopic (exact) mass is 309 g/mol. The first-order chi connectivity index (χ1) is 9.60. The molecular weight excluding hydrogens is 294 g/mol. The van der Waals surface area contributed by atoms with Gasteiger partial charge in [-0.05, 0) is 31.3 Å². The average molecular weight is 309 g/mol. The molecular formula is C12H15N5OS2. The molecule has 0 radical (unpaired) electrons. The number of para-hydroxylation sites is 1. The minimum absolute atomic E-state index is 0.221. The summed E-state index contributed by atoms with van der Waals surface area (Å²) in [4.78, 5) is 16.3. The highest BCUT2D eigenvalue weighted by Gasteiger charge is 2.14. The number of amides is 1. The molecule has 1 amide bonds. The summed E-state index contributed by atoms with van der Waals surface area (Å²) >= 11 is 6.38. The molecule has 0 fully saturated rings. The van der Waals surface area contributed by atoms with Crippen molar-refractivity contribution in [3.8, 4) is 0 Å². The van der Waals surface area contributed by atoms with Crippen molar-refractivity contribution in [3.63, 3.8) is 0 Å². The number of anilines is 1. The summed E-state index contributed by atoms with van der Waals surface area (Å²) in [5, 5.41) is 6.83. The summed E-state index contributed by atoms with van der Waals surface area (Å²) in [6, 6.07) is 7.40. The first-order valence-corrected chi connectivity index (χ1v) is 7.22. The molecule has 1 aromatic carbocycles. The smallest absolute Gasteiger partial charge is 0.260 e. The number of aromatic nitrogens is 1. The van der Waals surface area contributed by atoms with Crippen LogP contribution in [0.4, 0.5) is 5.13 Å². The molecule has 0 saturated heterocycles. The van der Waals surface area contributed by atoms with Crippen LogP contribution in [0.3, 0.4) is 0 Å². The third-order valence-electron chi connectivity index (χ3n) is 2.55. The molecule has 6 nitrogen and oxygen atoms in total. The number of thiazole rings is 1. The zero-order valence-electron chi connectivity index (χ0n) is 11.1. The Labute approximate surface area is 125 Å². The van der Waals surface area contributed by atoms with Gasteiger partial charge in [0.1, 0.15) is 6.04 Å². The first-order valence-electron chi connectivity index (χ1n) is 6.00. The Kier molecular flexibility index (Phi) is 4.70. The number of hydrazine groups is 1. The third kappa shape index (κ3) is 3.55. The van der Waals surface area contributed by atoms with Gasteiger partial charge in [0, 0.05) is 7.05 Å². The Bertz CT molecular complexity index is 594. The van der Waals surface area contributed by atoms with Crippen molar-refractivity contribution in [2.45, 2.75) is 13.0 Å². The van der Waals surface area contributed by atoms with E-state index >= 15 is 0 Å². The van der Waals surface area contributed by atoms with Gasteiger partial charge in [0.25, 0.3) is 5.91 Å².